The fourth-order valence-electron chi connectivity index (χ4n) is 1.87. The van der Waals surface area contributed by atoms with E-state index in [1.807, 2.05) is 12.1 Å². The molecule has 0 bridgehead atoms. The lowest BCUT2D eigenvalue weighted by Crippen LogP contribution is -2.09. The van der Waals surface area contributed by atoms with E-state index < -0.39 is 0 Å². The van der Waals surface area contributed by atoms with Gasteiger partial charge in [-0.1, -0.05) is 18.2 Å². The van der Waals surface area contributed by atoms with E-state index in [1.165, 1.54) is 7.11 Å². The molecule has 19 heavy (non-hydrogen) atoms. The van der Waals surface area contributed by atoms with Crippen LogP contribution in [0.25, 0.3) is 0 Å². The number of aromatic nitrogens is 2. The Bertz CT molecular complexity index is 617. The minimum atomic E-state index is -0.380. The van der Waals surface area contributed by atoms with Crippen LogP contribution in [-0.4, -0.2) is 29.1 Å². The second-order valence-electron chi connectivity index (χ2n) is 4.13. The van der Waals surface area contributed by atoms with Crippen molar-refractivity contribution in [1.82, 2.24) is 9.78 Å². The number of rotatable bonds is 4. The molecule has 1 aromatic heterocycles. The number of carbonyl (C=O) groups is 2. The molecule has 5 heteroatoms. The highest BCUT2D eigenvalue weighted by Gasteiger charge is 2.12. The van der Waals surface area contributed by atoms with Gasteiger partial charge in [0.15, 0.2) is 6.29 Å². The van der Waals surface area contributed by atoms with Crippen LogP contribution in [0.2, 0.25) is 0 Å². The van der Waals surface area contributed by atoms with Crippen LogP contribution in [0.5, 0.6) is 0 Å². The highest BCUT2D eigenvalue weighted by Crippen LogP contribution is 2.13. The van der Waals surface area contributed by atoms with E-state index in [0.29, 0.717) is 23.4 Å². The molecule has 1 aromatic carbocycles. The highest BCUT2D eigenvalue weighted by atomic mass is 16.5. The molecule has 0 spiro atoms. The van der Waals surface area contributed by atoms with Crippen molar-refractivity contribution in [2.45, 2.75) is 13.5 Å². The second kappa shape index (κ2) is 5.48. The van der Waals surface area contributed by atoms with Crippen LogP contribution in [-0.2, 0) is 11.3 Å². The molecule has 0 saturated carbocycles. The van der Waals surface area contributed by atoms with Gasteiger partial charge in [-0.3, -0.25) is 9.48 Å². The number of hydrogen-bond acceptors (Lipinski definition) is 4. The third-order valence-electron chi connectivity index (χ3n) is 2.87. The van der Waals surface area contributed by atoms with Gasteiger partial charge in [0, 0.05) is 6.20 Å². The van der Waals surface area contributed by atoms with Gasteiger partial charge in [0.05, 0.1) is 30.5 Å². The van der Waals surface area contributed by atoms with Crippen molar-refractivity contribution in [2.75, 3.05) is 7.11 Å². The van der Waals surface area contributed by atoms with E-state index in [1.54, 1.807) is 29.9 Å². The Labute approximate surface area is 110 Å². The van der Waals surface area contributed by atoms with Gasteiger partial charge in [0.2, 0.25) is 0 Å². The van der Waals surface area contributed by atoms with Crippen LogP contribution in [0, 0.1) is 6.92 Å². The van der Waals surface area contributed by atoms with E-state index in [4.69, 9.17) is 4.74 Å². The van der Waals surface area contributed by atoms with Crippen LogP contribution in [0.1, 0.15) is 32.0 Å². The van der Waals surface area contributed by atoms with Gasteiger partial charge >= 0.3 is 5.97 Å². The summed E-state index contributed by atoms with van der Waals surface area (Å²) in [7, 11) is 1.35. The highest BCUT2D eigenvalue weighted by molar-refractivity contribution is 5.90. The number of ether oxygens (including phenoxy) is 1. The zero-order chi connectivity index (χ0) is 13.8. The first kappa shape index (κ1) is 13.0. The molecule has 0 aliphatic carbocycles. The smallest absolute Gasteiger partial charge is 0.338 e. The third-order valence-corrected chi connectivity index (χ3v) is 2.87. The SMILES string of the molecule is COC(=O)c1ccccc1Cn1cc(C=O)c(C)n1. The topological polar surface area (TPSA) is 61.2 Å². The molecule has 0 aliphatic heterocycles. The normalized spacial score (nSPS) is 10.2. The van der Waals surface area contributed by atoms with Gasteiger partial charge in [-0.2, -0.15) is 5.10 Å². The standard InChI is InChI=1S/C14H14N2O3/c1-10-12(9-17)8-16(15-10)7-11-5-3-4-6-13(11)14(18)19-2/h3-6,8-9H,7H2,1-2H3. The molecule has 0 unspecified atom stereocenters. The second-order valence-corrected chi connectivity index (χ2v) is 4.13. The Kier molecular flexibility index (Phi) is 3.75. The van der Waals surface area contributed by atoms with Crippen molar-refractivity contribution in [3.8, 4) is 0 Å². The van der Waals surface area contributed by atoms with E-state index in [9.17, 15) is 9.59 Å². The molecule has 2 rings (SSSR count). The molecule has 5 nitrogen and oxygen atoms in total. The number of methoxy groups -OCH3 is 1. The molecule has 0 fully saturated rings. The Balaban J connectivity index is 2.32. The average molecular weight is 258 g/mol. The lowest BCUT2D eigenvalue weighted by molar-refractivity contribution is 0.0599. The summed E-state index contributed by atoms with van der Waals surface area (Å²) in [5, 5.41) is 4.24. The van der Waals surface area contributed by atoms with Crippen LogP contribution < -0.4 is 0 Å². The molecule has 0 amide bonds. The zero-order valence-electron chi connectivity index (χ0n) is 10.8. The largest absolute Gasteiger partial charge is 0.465 e. The number of hydrogen-bond donors (Lipinski definition) is 0. The summed E-state index contributed by atoms with van der Waals surface area (Å²) < 4.78 is 6.38. The Morgan fingerprint density at radius 2 is 2.16 bits per heavy atom. The lowest BCUT2D eigenvalue weighted by Gasteiger charge is -2.07. The minimum absolute atomic E-state index is 0.380. The maximum absolute atomic E-state index is 11.6. The lowest BCUT2D eigenvalue weighted by atomic mass is 10.1. The summed E-state index contributed by atoms with van der Waals surface area (Å²) >= 11 is 0. The summed E-state index contributed by atoms with van der Waals surface area (Å²) in [6.07, 6.45) is 2.43. The third kappa shape index (κ3) is 2.70. The van der Waals surface area contributed by atoms with Crippen molar-refractivity contribution in [1.29, 1.82) is 0 Å². The quantitative estimate of drug-likeness (QED) is 0.620. The van der Waals surface area contributed by atoms with Crippen LogP contribution >= 0.6 is 0 Å². The number of esters is 1. The molecule has 2 aromatic rings. The van der Waals surface area contributed by atoms with Crippen LogP contribution in [0.15, 0.2) is 30.5 Å². The van der Waals surface area contributed by atoms with E-state index in [-0.39, 0.29) is 5.97 Å². The molecule has 98 valence electrons. The molecule has 0 saturated heterocycles. The molecule has 1 heterocycles. The number of carbonyl (C=O) groups excluding carboxylic acids is 2. The summed E-state index contributed by atoms with van der Waals surface area (Å²) in [5.41, 5.74) is 2.53. The predicted octanol–water partition coefficient (Wildman–Crippen LogP) is 1.84. The van der Waals surface area contributed by atoms with E-state index in [2.05, 4.69) is 5.10 Å². The maximum atomic E-state index is 11.6. The fourth-order valence-corrected chi connectivity index (χ4v) is 1.87. The Hall–Kier alpha value is -2.43. The van der Waals surface area contributed by atoms with Crippen LogP contribution in [0.3, 0.4) is 0 Å². The van der Waals surface area contributed by atoms with Gasteiger partial charge in [0.25, 0.3) is 0 Å². The van der Waals surface area contributed by atoms with Gasteiger partial charge in [0.1, 0.15) is 0 Å². The summed E-state index contributed by atoms with van der Waals surface area (Å²) in [4.78, 5) is 22.4. The van der Waals surface area contributed by atoms with E-state index in [0.717, 1.165) is 11.8 Å². The first-order chi connectivity index (χ1) is 9.15. The Morgan fingerprint density at radius 3 is 2.79 bits per heavy atom. The van der Waals surface area contributed by atoms with Crippen molar-refractivity contribution in [2.24, 2.45) is 0 Å². The minimum Gasteiger partial charge on any atom is -0.465 e. The number of aryl methyl sites for hydroxylation is 1. The number of benzene rings is 1. The van der Waals surface area contributed by atoms with Crippen molar-refractivity contribution in [3.63, 3.8) is 0 Å². The zero-order valence-corrected chi connectivity index (χ0v) is 10.8. The monoisotopic (exact) mass is 258 g/mol. The number of nitrogens with zero attached hydrogens (tertiary/aromatic N) is 2. The average Bonchev–Trinajstić information content (AvgIpc) is 2.78. The summed E-state index contributed by atoms with van der Waals surface area (Å²) in [6.45, 7) is 2.19. The Morgan fingerprint density at radius 1 is 1.42 bits per heavy atom. The summed E-state index contributed by atoms with van der Waals surface area (Å²) in [6, 6.07) is 7.17. The van der Waals surface area contributed by atoms with Gasteiger partial charge in [-0.25, -0.2) is 4.79 Å². The van der Waals surface area contributed by atoms with Gasteiger partial charge in [-0.15, -0.1) is 0 Å². The van der Waals surface area contributed by atoms with Crippen molar-refractivity contribution in [3.05, 3.63) is 52.8 Å². The molecule has 0 aliphatic rings. The van der Waals surface area contributed by atoms with Gasteiger partial charge < -0.3 is 4.74 Å². The predicted molar refractivity (Wildman–Crippen MR) is 69.2 cm³/mol. The molecular weight excluding hydrogens is 244 g/mol. The fraction of sp³-hybridized carbons (Fsp3) is 0.214. The molecular formula is C14H14N2O3. The molecule has 0 atom stereocenters. The maximum Gasteiger partial charge on any atom is 0.338 e. The van der Waals surface area contributed by atoms with Crippen molar-refractivity contribution >= 4 is 12.3 Å². The number of aldehydes is 1. The van der Waals surface area contributed by atoms with Crippen molar-refractivity contribution < 1.29 is 14.3 Å². The van der Waals surface area contributed by atoms with Gasteiger partial charge in [-0.05, 0) is 18.6 Å². The first-order valence-electron chi connectivity index (χ1n) is 5.81. The van der Waals surface area contributed by atoms with E-state index >= 15 is 0 Å². The van der Waals surface area contributed by atoms with Crippen LogP contribution in [0.4, 0.5) is 0 Å². The molecule has 0 N–H and O–H groups in total. The summed E-state index contributed by atoms with van der Waals surface area (Å²) in [5.74, 6) is -0.380. The first-order valence-corrected chi connectivity index (χ1v) is 5.81. The molecule has 0 radical (unpaired) electrons.